The molecule has 0 aromatic heterocycles. The average Bonchev–Trinajstić information content (AvgIpc) is 3.49. The van der Waals surface area contributed by atoms with E-state index in [1.165, 1.54) is 31.1 Å². The van der Waals surface area contributed by atoms with Crippen LogP contribution in [0.15, 0.2) is 12.2 Å². The summed E-state index contributed by atoms with van der Waals surface area (Å²) in [6.07, 6.45) is 20.6. The van der Waals surface area contributed by atoms with Gasteiger partial charge >= 0.3 is 0 Å². The number of hydrogen-bond donors (Lipinski definition) is 0. The molecule has 26 heavy (non-hydrogen) atoms. The molecule has 0 amide bonds. The Kier molecular flexibility index (Phi) is 3.92. The Balaban J connectivity index is 0.000000106. The quantitative estimate of drug-likeness (QED) is 0.372. The molecule has 12 unspecified atom stereocenters. The van der Waals surface area contributed by atoms with Crippen molar-refractivity contribution < 1.29 is 0 Å². The van der Waals surface area contributed by atoms with Gasteiger partial charge in [-0.3, -0.25) is 0 Å². The maximum absolute atomic E-state index is 2.53. The highest BCUT2D eigenvalue weighted by Gasteiger charge is 2.58. The van der Waals surface area contributed by atoms with Crippen LogP contribution < -0.4 is 0 Å². The van der Waals surface area contributed by atoms with Crippen molar-refractivity contribution >= 4 is 0 Å². The second-order valence-corrected chi connectivity index (χ2v) is 11.5. The van der Waals surface area contributed by atoms with E-state index in [1.54, 1.807) is 44.9 Å². The van der Waals surface area contributed by atoms with Crippen molar-refractivity contribution in [3.8, 4) is 0 Å². The molecule has 0 aliphatic heterocycles. The lowest BCUT2D eigenvalue weighted by Crippen LogP contribution is -2.25. The molecule has 0 heteroatoms. The molecule has 0 aromatic carbocycles. The standard InChI is InChI=1S/C14H24.C12H16/c1-3-9-7-10(4-2)14-12-6-5-11(8-12)13(9)14;1-2-8-5-7(1)11-9-3-4-10(6-9)12(8)11/h9-14H,3-8H2,1-2H3;1-2,7-12H,3-6H2. The lowest BCUT2D eigenvalue weighted by atomic mass is 9.73. The molecule has 7 rings (SSSR count). The Hall–Kier alpha value is -0.260. The zero-order valence-corrected chi connectivity index (χ0v) is 17.2. The monoisotopic (exact) mass is 352 g/mol. The van der Waals surface area contributed by atoms with Crippen LogP contribution in [0.5, 0.6) is 0 Å². The van der Waals surface area contributed by atoms with Crippen molar-refractivity contribution in [3.05, 3.63) is 12.2 Å². The maximum Gasteiger partial charge on any atom is -0.0194 e. The maximum atomic E-state index is 2.53. The van der Waals surface area contributed by atoms with E-state index in [9.17, 15) is 0 Å². The molecular formula is C26H40. The van der Waals surface area contributed by atoms with Crippen molar-refractivity contribution in [2.75, 3.05) is 0 Å². The first-order valence-electron chi connectivity index (χ1n) is 12.5. The predicted molar refractivity (Wildman–Crippen MR) is 109 cm³/mol. The van der Waals surface area contributed by atoms with Gasteiger partial charge in [-0.2, -0.15) is 0 Å². The first-order chi connectivity index (χ1) is 12.8. The second-order valence-electron chi connectivity index (χ2n) is 11.5. The van der Waals surface area contributed by atoms with Gasteiger partial charge in [-0.15, -0.1) is 0 Å². The summed E-state index contributed by atoms with van der Waals surface area (Å²) >= 11 is 0. The van der Waals surface area contributed by atoms with Gasteiger partial charge in [0.15, 0.2) is 0 Å². The van der Waals surface area contributed by atoms with Crippen LogP contribution in [-0.2, 0) is 0 Å². The SMILES string of the molecule is C1=CC2CC1C1C3CCC(C3)C21.CCC1CC(CC)C2C3CCC(C3)C12. The fraction of sp³-hybridized carbons (Fsp3) is 0.923. The van der Waals surface area contributed by atoms with Crippen molar-refractivity contribution in [3.63, 3.8) is 0 Å². The van der Waals surface area contributed by atoms with Gasteiger partial charge in [0.05, 0.1) is 0 Å². The highest BCUT2D eigenvalue weighted by Crippen LogP contribution is 2.65. The molecule has 6 fully saturated rings. The minimum Gasteiger partial charge on any atom is -0.0848 e. The molecular weight excluding hydrogens is 312 g/mol. The third kappa shape index (κ3) is 2.20. The Morgan fingerprint density at radius 3 is 1.38 bits per heavy atom. The number of fused-ring (bicyclic) bond motifs is 14. The lowest BCUT2D eigenvalue weighted by Gasteiger charge is -2.31. The van der Waals surface area contributed by atoms with Crippen LogP contribution in [0.3, 0.4) is 0 Å². The summed E-state index contributed by atoms with van der Waals surface area (Å²) in [6, 6.07) is 0. The van der Waals surface area contributed by atoms with Crippen molar-refractivity contribution in [1.29, 1.82) is 0 Å². The van der Waals surface area contributed by atoms with Crippen LogP contribution in [0.1, 0.15) is 78.1 Å². The van der Waals surface area contributed by atoms with E-state index < -0.39 is 0 Å². The first-order valence-corrected chi connectivity index (χ1v) is 12.5. The van der Waals surface area contributed by atoms with Gasteiger partial charge < -0.3 is 0 Å². The Bertz CT molecular complexity index is 529. The molecule has 0 nitrogen and oxygen atoms in total. The summed E-state index contributed by atoms with van der Waals surface area (Å²) in [4.78, 5) is 0. The highest BCUT2D eigenvalue weighted by molar-refractivity contribution is 5.19. The smallest absolute Gasteiger partial charge is 0.0194 e. The Morgan fingerprint density at radius 2 is 0.962 bits per heavy atom. The summed E-state index contributed by atoms with van der Waals surface area (Å²) < 4.78 is 0. The molecule has 144 valence electrons. The molecule has 0 N–H and O–H groups in total. The van der Waals surface area contributed by atoms with Crippen molar-refractivity contribution in [2.45, 2.75) is 78.1 Å². The zero-order valence-electron chi connectivity index (χ0n) is 17.2. The predicted octanol–water partition coefficient (Wildman–Crippen LogP) is 6.96. The van der Waals surface area contributed by atoms with Gasteiger partial charge in [0.1, 0.15) is 0 Å². The van der Waals surface area contributed by atoms with Gasteiger partial charge in [0.2, 0.25) is 0 Å². The van der Waals surface area contributed by atoms with Crippen LogP contribution in [0.25, 0.3) is 0 Å². The average molecular weight is 353 g/mol. The minimum atomic E-state index is 1.02. The van der Waals surface area contributed by atoms with Gasteiger partial charge in [0.25, 0.3) is 0 Å². The highest BCUT2D eigenvalue weighted by atomic mass is 14.6. The van der Waals surface area contributed by atoms with Crippen LogP contribution in [0.2, 0.25) is 0 Å². The third-order valence-electron chi connectivity index (χ3n) is 11.0. The van der Waals surface area contributed by atoms with E-state index in [0.29, 0.717) is 0 Å². The minimum absolute atomic E-state index is 1.02. The van der Waals surface area contributed by atoms with Gasteiger partial charge in [0, 0.05) is 0 Å². The fourth-order valence-electron chi connectivity index (χ4n) is 10.3. The molecule has 7 aliphatic carbocycles. The number of hydrogen-bond acceptors (Lipinski definition) is 0. The van der Waals surface area contributed by atoms with Crippen LogP contribution in [0.4, 0.5) is 0 Å². The summed E-state index contributed by atoms with van der Waals surface area (Å²) in [6.45, 7) is 4.84. The van der Waals surface area contributed by atoms with Crippen LogP contribution in [-0.4, -0.2) is 0 Å². The Labute approximate surface area is 161 Å². The molecule has 12 atom stereocenters. The summed E-state index contributed by atoms with van der Waals surface area (Å²) in [5, 5.41) is 0. The van der Waals surface area contributed by atoms with Crippen molar-refractivity contribution in [1.82, 2.24) is 0 Å². The van der Waals surface area contributed by atoms with Crippen LogP contribution >= 0.6 is 0 Å². The molecule has 0 heterocycles. The first kappa shape index (κ1) is 16.7. The van der Waals surface area contributed by atoms with Crippen LogP contribution in [0, 0.1) is 71.0 Å². The molecule has 6 saturated carbocycles. The third-order valence-corrected chi connectivity index (χ3v) is 11.0. The van der Waals surface area contributed by atoms with Gasteiger partial charge in [-0.25, -0.2) is 0 Å². The molecule has 0 spiro atoms. The van der Waals surface area contributed by atoms with Crippen molar-refractivity contribution in [2.24, 2.45) is 71.0 Å². The topological polar surface area (TPSA) is 0 Å². The normalized spacial score (nSPS) is 59.6. The Morgan fingerprint density at radius 1 is 0.538 bits per heavy atom. The summed E-state index contributed by atoms with van der Waals surface area (Å²) in [7, 11) is 0. The van der Waals surface area contributed by atoms with E-state index in [-0.39, 0.29) is 0 Å². The van der Waals surface area contributed by atoms with E-state index >= 15 is 0 Å². The van der Waals surface area contributed by atoms with E-state index in [4.69, 9.17) is 0 Å². The summed E-state index contributed by atoms with van der Waals surface area (Å²) in [5.74, 6) is 13.5. The van der Waals surface area contributed by atoms with E-state index in [1.807, 2.05) is 0 Å². The number of allylic oxidation sites excluding steroid dienone is 2. The fourth-order valence-corrected chi connectivity index (χ4v) is 10.3. The largest absolute Gasteiger partial charge is 0.0848 e. The molecule has 0 aromatic rings. The second kappa shape index (κ2) is 6.12. The van der Waals surface area contributed by atoms with E-state index in [0.717, 1.165) is 59.2 Å². The lowest BCUT2D eigenvalue weighted by molar-refractivity contribution is 0.184. The van der Waals surface area contributed by atoms with E-state index in [2.05, 4.69) is 26.0 Å². The van der Waals surface area contributed by atoms with Gasteiger partial charge in [-0.05, 0) is 122 Å². The molecule has 6 bridgehead atoms. The number of rotatable bonds is 2. The molecule has 0 saturated heterocycles. The molecule has 7 aliphatic rings. The van der Waals surface area contributed by atoms with Gasteiger partial charge in [-0.1, -0.05) is 38.8 Å². The zero-order chi connectivity index (χ0) is 17.4. The molecule has 0 radical (unpaired) electrons. The summed E-state index contributed by atoms with van der Waals surface area (Å²) in [5.41, 5.74) is 0.